The molecule has 1 fully saturated rings. The van der Waals surface area contributed by atoms with Gasteiger partial charge in [0.2, 0.25) is 0 Å². The smallest absolute Gasteiger partial charge is 0.506 e. The van der Waals surface area contributed by atoms with E-state index in [0.29, 0.717) is 17.7 Å². The maximum atomic E-state index is 11.8. The number of alkyl halides is 3. The highest BCUT2D eigenvalue weighted by Crippen LogP contribution is 2.38. The Balaban J connectivity index is 0.000000318. The Morgan fingerprint density at radius 1 is 1.30 bits per heavy atom. The van der Waals surface area contributed by atoms with Gasteiger partial charge in [-0.05, 0) is 42.1 Å². The van der Waals surface area contributed by atoms with Crippen LogP contribution in [0.4, 0.5) is 19.0 Å². The molecule has 1 aliphatic carbocycles. The number of carbonyl (C=O) groups excluding carboxylic acids is 1. The molecule has 156 valence electrons. The Bertz CT molecular complexity index is 1100. The second-order valence-corrected chi connectivity index (χ2v) is 6.58. The van der Waals surface area contributed by atoms with Crippen LogP contribution < -0.4 is 5.73 Å². The quantitative estimate of drug-likeness (QED) is 0.596. The molecule has 4 rings (SSSR count). The number of carbonyl (C=O) groups is 2. The summed E-state index contributed by atoms with van der Waals surface area (Å²) in [7, 11) is -1.18. The number of nitrogens with zero attached hydrogens (tertiary/aromatic N) is 2. The van der Waals surface area contributed by atoms with Crippen molar-refractivity contribution in [2.75, 3.05) is 5.73 Å². The highest BCUT2D eigenvalue weighted by atomic mass is 19.4. The van der Waals surface area contributed by atoms with Crippen LogP contribution in [0.15, 0.2) is 35.8 Å². The molecule has 1 aliphatic heterocycles. The topological polar surface area (TPSA) is 136 Å². The molecule has 1 atom stereocenters. The van der Waals surface area contributed by atoms with Gasteiger partial charge in [-0.2, -0.15) is 18.3 Å². The molecule has 2 aromatic rings. The number of allylic oxidation sites excluding steroid dienone is 3. The van der Waals surface area contributed by atoms with Crippen LogP contribution in [-0.2, 0) is 14.2 Å². The number of aryl methyl sites for hydroxylation is 1. The molecule has 1 aromatic carbocycles. The molecular formula is C18H15BF3N3O5. The minimum absolute atomic E-state index is 0.374. The highest BCUT2D eigenvalue weighted by Gasteiger charge is 2.45. The number of benzene rings is 1. The second kappa shape index (κ2) is 7.79. The van der Waals surface area contributed by atoms with E-state index in [1.165, 1.54) is 0 Å². The molecule has 1 unspecified atom stereocenters. The van der Waals surface area contributed by atoms with Crippen LogP contribution in [0.2, 0.25) is 0 Å². The van der Waals surface area contributed by atoms with Gasteiger partial charge in [0.15, 0.2) is 5.82 Å². The number of fused-ring (bicyclic) bond motifs is 2. The van der Waals surface area contributed by atoms with Crippen LogP contribution in [0.25, 0.3) is 16.3 Å². The first-order valence-corrected chi connectivity index (χ1v) is 8.63. The van der Waals surface area contributed by atoms with E-state index in [1.807, 2.05) is 37.3 Å². The number of aliphatic carboxylic acids is 1. The summed E-state index contributed by atoms with van der Waals surface area (Å²) in [5, 5.41) is 26.9. The summed E-state index contributed by atoms with van der Waals surface area (Å²) < 4.78 is 36.7. The average molecular weight is 421 g/mol. The van der Waals surface area contributed by atoms with Crippen molar-refractivity contribution in [1.29, 1.82) is 0 Å². The summed E-state index contributed by atoms with van der Waals surface area (Å²) in [6, 6.07) is 5.75. The van der Waals surface area contributed by atoms with Gasteiger partial charge in [0, 0.05) is 10.8 Å². The first-order chi connectivity index (χ1) is 14.0. The third-order valence-corrected chi connectivity index (χ3v) is 4.67. The molecule has 30 heavy (non-hydrogen) atoms. The van der Waals surface area contributed by atoms with Crippen LogP contribution in [0.5, 0.6) is 0 Å². The van der Waals surface area contributed by atoms with Gasteiger partial charge in [-0.1, -0.05) is 18.2 Å². The minimum atomic E-state index is -5.08. The molecule has 2 heterocycles. The number of hydrogen-bond donors (Lipinski definition) is 3. The van der Waals surface area contributed by atoms with Crippen molar-refractivity contribution in [2.24, 2.45) is 5.92 Å². The summed E-state index contributed by atoms with van der Waals surface area (Å²) in [5.74, 6) is -3.15. The summed E-state index contributed by atoms with van der Waals surface area (Å²) in [5.41, 5.74) is 8.99. The lowest BCUT2D eigenvalue weighted by atomic mass is 9.68. The highest BCUT2D eigenvalue weighted by molar-refractivity contribution is 6.59. The van der Waals surface area contributed by atoms with E-state index in [9.17, 15) is 23.0 Å². The summed E-state index contributed by atoms with van der Waals surface area (Å²) in [6.45, 7) is 1.87. The van der Waals surface area contributed by atoms with Crippen molar-refractivity contribution < 1.29 is 37.5 Å². The fourth-order valence-corrected chi connectivity index (χ4v) is 3.25. The molecule has 0 spiro atoms. The van der Waals surface area contributed by atoms with Crippen molar-refractivity contribution in [3.8, 4) is 0 Å². The normalized spacial score (nSPS) is 18.1. The molecule has 0 radical (unpaired) electrons. The van der Waals surface area contributed by atoms with E-state index in [1.54, 1.807) is 0 Å². The second-order valence-electron chi connectivity index (χ2n) is 6.58. The first kappa shape index (κ1) is 21.3. The van der Waals surface area contributed by atoms with Crippen LogP contribution >= 0.6 is 0 Å². The first-order valence-electron chi connectivity index (χ1n) is 8.63. The van der Waals surface area contributed by atoms with Crippen LogP contribution in [0, 0.1) is 12.8 Å². The van der Waals surface area contributed by atoms with Gasteiger partial charge in [-0.15, -0.1) is 5.10 Å². The average Bonchev–Trinajstić information content (AvgIpc) is 2.98. The van der Waals surface area contributed by atoms with Gasteiger partial charge in [-0.3, -0.25) is 4.79 Å². The number of nitrogen functional groups attached to an aromatic ring is 1. The third-order valence-electron chi connectivity index (χ3n) is 4.67. The molecule has 2 aliphatic rings. The number of hydrogen-bond acceptors (Lipinski definition) is 7. The number of halogens is 3. The summed E-state index contributed by atoms with van der Waals surface area (Å²) >= 11 is 0. The van der Waals surface area contributed by atoms with E-state index < -0.39 is 25.2 Å². The molecule has 4 N–H and O–H groups in total. The summed E-state index contributed by atoms with van der Waals surface area (Å²) in [6.07, 6.45) is -0.676. The zero-order valence-corrected chi connectivity index (χ0v) is 15.5. The third kappa shape index (κ3) is 3.99. The zero-order valence-electron chi connectivity index (χ0n) is 15.5. The number of rotatable bonds is 1. The molecule has 0 amide bonds. The fraction of sp³-hybridized carbons (Fsp3) is 0.222. The number of carboxylic acids is 1. The van der Waals surface area contributed by atoms with Crippen LogP contribution in [-0.4, -0.2) is 45.6 Å². The Kier molecular flexibility index (Phi) is 5.53. The lowest BCUT2D eigenvalue weighted by molar-refractivity contribution is -0.192. The largest absolute Gasteiger partial charge is 0.559 e. The zero-order chi connectivity index (χ0) is 22.2. The van der Waals surface area contributed by atoms with Gasteiger partial charge in [0.05, 0.1) is 11.6 Å². The SMILES string of the molecule is Cc1nnc(N)c2ccc(C3=C4B(O)OC(=O)C4CC=C3)cc12.O=C(O)C(F)(F)F. The lowest BCUT2D eigenvalue weighted by Crippen LogP contribution is -2.21. The van der Waals surface area contributed by atoms with E-state index in [4.69, 9.17) is 20.3 Å². The van der Waals surface area contributed by atoms with Crippen molar-refractivity contribution in [3.05, 3.63) is 47.1 Å². The maximum Gasteiger partial charge on any atom is 0.559 e. The molecule has 0 saturated carbocycles. The van der Waals surface area contributed by atoms with Crippen molar-refractivity contribution in [3.63, 3.8) is 0 Å². The molecule has 8 nitrogen and oxygen atoms in total. The van der Waals surface area contributed by atoms with Crippen LogP contribution in [0.1, 0.15) is 17.7 Å². The Morgan fingerprint density at radius 2 is 1.97 bits per heavy atom. The minimum Gasteiger partial charge on any atom is -0.506 e. The van der Waals surface area contributed by atoms with Crippen molar-refractivity contribution >= 4 is 41.2 Å². The Morgan fingerprint density at radius 3 is 2.60 bits per heavy atom. The predicted octanol–water partition coefficient (Wildman–Crippen LogP) is 2.06. The van der Waals surface area contributed by atoms with Gasteiger partial charge in [0.25, 0.3) is 5.97 Å². The van der Waals surface area contributed by atoms with Gasteiger partial charge in [0.1, 0.15) is 0 Å². The summed E-state index contributed by atoms with van der Waals surface area (Å²) in [4.78, 5) is 20.7. The van der Waals surface area contributed by atoms with E-state index in [2.05, 4.69) is 10.2 Å². The Labute approximate surface area is 168 Å². The van der Waals surface area contributed by atoms with E-state index in [-0.39, 0.29) is 5.97 Å². The van der Waals surface area contributed by atoms with E-state index in [0.717, 1.165) is 27.6 Å². The van der Waals surface area contributed by atoms with Gasteiger partial charge < -0.3 is 20.5 Å². The van der Waals surface area contributed by atoms with Crippen molar-refractivity contribution in [2.45, 2.75) is 19.5 Å². The van der Waals surface area contributed by atoms with Crippen LogP contribution in [0.3, 0.4) is 0 Å². The molecule has 1 aromatic heterocycles. The Hall–Kier alpha value is -3.41. The van der Waals surface area contributed by atoms with Crippen molar-refractivity contribution in [1.82, 2.24) is 10.2 Å². The molecule has 0 bridgehead atoms. The van der Waals surface area contributed by atoms with E-state index >= 15 is 0 Å². The molecular weight excluding hydrogens is 406 g/mol. The van der Waals surface area contributed by atoms with Gasteiger partial charge >= 0.3 is 19.3 Å². The monoisotopic (exact) mass is 421 g/mol. The standard InChI is InChI=1S/C16H14BN3O3.C2HF3O2/c1-8-13-7-9(5-6-11(13)15(18)20-19-8)10-3-2-4-12-14(10)17(22)23-16(12)21;3-2(4,5)1(6)7/h2-3,5-7,12,22H,4H2,1H3,(H2,18,20);(H,6,7). The lowest BCUT2D eigenvalue weighted by Gasteiger charge is -2.16. The number of anilines is 1. The fourth-order valence-electron chi connectivity index (χ4n) is 3.25. The number of nitrogens with two attached hydrogens (primary N) is 1. The number of aromatic nitrogens is 2. The molecule has 1 saturated heterocycles. The number of carboxylic acid groups (broad SMARTS) is 1. The van der Waals surface area contributed by atoms with Gasteiger partial charge in [-0.25, -0.2) is 4.79 Å². The maximum absolute atomic E-state index is 11.8. The predicted molar refractivity (Wildman–Crippen MR) is 101 cm³/mol. The molecule has 12 heteroatoms.